The maximum atomic E-state index is 9.12. The van der Waals surface area contributed by atoms with Gasteiger partial charge in [-0.15, -0.1) is 0 Å². The van der Waals surface area contributed by atoms with Gasteiger partial charge in [0.2, 0.25) is 0 Å². The summed E-state index contributed by atoms with van der Waals surface area (Å²) in [6.07, 6.45) is 5.56. The third-order valence-electron chi connectivity index (χ3n) is 2.33. The van der Waals surface area contributed by atoms with Crippen molar-refractivity contribution < 1.29 is 5.11 Å². The van der Waals surface area contributed by atoms with Crippen molar-refractivity contribution in [1.29, 1.82) is 0 Å². The second-order valence-corrected chi connectivity index (χ2v) is 4.27. The Hall–Kier alpha value is -0.610. The lowest BCUT2D eigenvalue weighted by Crippen LogP contribution is -2.25. The molecule has 0 bridgehead atoms. The Morgan fingerprint density at radius 1 is 1.62 bits per heavy atom. The van der Waals surface area contributed by atoms with Gasteiger partial charge in [0.05, 0.1) is 22.3 Å². The van der Waals surface area contributed by atoms with E-state index < -0.39 is 0 Å². The molecule has 1 fully saturated rings. The Balaban J connectivity index is 2.14. The highest BCUT2D eigenvalue weighted by molar-refractivity contribution is 9.10. The van der Waals surface area contributed by atoms with Crippen LogP contribution in [0.1, 0.15) is 12.8 Å². The number of aromatic nitrogens is 1. The number of pyridine rings is 1. The fraction of sp³-hybridized carbons (Fsp3) is 0.444. The molecule has 1 heterocycles. The monoisotopic (exact) mass is 242 g/mol. The van der Waals surface area contributed by atoms with E-state index in [2.05, 4.69) is 26.2 Å². The number of nitrogens with zero attached hydrogens (tertiary/aromatic N) is 1. The summed E-state index contributed by atoms with van der Waals surface area (Å²) in [5.41, 5.74) is 0.936. The van der Waals surface area contributed by atoms with E-state index in [-0.39, 0.29) is 12.1 Å². The summed E-state index contributed by atoms with van der Waals surface area (Å²) in [5, 5.41) is 12.4. The van der Waals surface area contributed by atoms with Crippen molar-refractivity contribution in [3.8, 4) is 0 Å². The van der Waals surface area contributed by atoms with Crippen LogP contribution in [0.5, 0.6) is 0 Å². The van der Waals surface area contributed by atoms with Gasteiger partial charge in [0.1, 0.15) is 0 Å². The van der Waals surface area contributed by atoms with Crippen LogP contribution in [0.4, 0.5) is 5.69 Å². The zero-order chi connectivity index (χ0) is 9.31. The highest BCUT2D eigenvalue weighted by atomic mass is 79.9. The van der Waals surface area contributed by atoms with E-state index in [1.807, 2.05) is 6.07 Å². The van der Waals surface area contributed by atoms with Crippen LogP contribution in [0.15, 0.2) is 22.9 Å². The molecule has 0 aromatic carbocycles. The average Bonchev–Trinajstić information content (AvgIpc) is 2.90. The molecule has 1 aliphatic rings. The summed E-state index contributed by atoms with van der Waals surface area (Å²) in [7, 11) is 0. The van der Waals surface area contributed by atoms with Crippen molar-refractivity contribution in [2.24, 2.45) is 0 Å². The Labute approximate surface area is 85.3 Å². The maximum Gasteiger partial charge on any atom is 0.0661 e. The number of nitrogens with one attached hydrogen (secondary N) is 1. The molecule has 0 radical (unpaired) electrons. The molecule has 3 nitrogen and oxygen atoms in total. The van der Waals surface area contributed by atoms with E-state index >= 15 is 0 Å². The minimum Gasteiger partial charge on any atom is -0.394 e. The summed E-state index contributed by atoms with van der Waals surface area (Å²) in [6, 6.07) is 1.90. The van der Waals surface area contributed by atoms with Crippen LogP contribution in [-0.4, -0.2) is 22.2 Å². The first-order chi connectivity index (χ1) is 6.26. The van der Waals surface area contributed by atoms with Gasteiger partial charge in [-0.2, -0.15) is 0 Å². The predicted molar refractivity (Wildman–Crippen MR) is 54.6 cm³/mol. The van der Waals surface area contributed by atoms with Crippen molar-refractivity contribution in [3.63, 3.8) is 0 Å². The number of halogens is 1. The average molecular weight is 243 g/mol. The summed E-state index contributed by atoms with van der Waals surface area (Å²) >= 11 is 3.40. The fourth-order valence-corrected chi connectivity index (χ4v) is 1.59. The van der Waals surface area contributed by atoms with Crippen LogP contribution in [-0.2, 0) is 0 Å². The molecule has 1 aliphatic carbocycles. The highest BCUT2D eigenvalue weighted by Crippen LogP contribution is 2.39. The van der Waals surface area contributed by atoms with Crippen LogP contribution in [0.2, 0.25) is 0 Å². The van der Waals surface area contributed by atoms with E-state index in [4.69, 9.17) is 5.11 Å². The predicted octanol–water partition coefficient (Wildman–Crippen LogP) is 1.78. The van der Waals surface area contributed by atoms with Gasteiger partial charge in [-0.3, -0.25) is 4.98 Å². The summed E-state index contributed by atoms with van der Waals surface area (Å²) in [6.45, 7) is 0.196. The first kappa shape index (κ1) is 8.97. The van der Waals surface area contributed by atoms with E-state index in [1.54, 1.807) is 12.4 Å². The normalized spacial score (nSPS) is 18.3. The van der Waals surface area contributed by atoms with Crippen molar-refractivity contribution >= 4 is 21.6 Å². The molecular weight excluding hydrogens is 232 g/mol. The Morgan fingerprint density at radius 2 is 2.38 bits per heavy atom. The minimum absolute atomic E-state index is 0.0656. The molecular formula is C9H11BrN2O. The quantitative estimate of drug-likeness (QED) is 0.850. The smallest absolute Gasteiger partial charge is 0.0661 e. The molecule has 0 amide bonds. The molecule has 0 saturated heterocycles. The minimum atomic E-state index is -0.0656. The Morgan fingerprint density at radius 3 is 2.92 bits per heavy atom. The number of aliphatic hydroxyl groups excluding tert-OH is 1. The second-order valence-electron chi connectivity index (χ2n) is 3.42. The summed E-state index contributed by atoms with van der Waals surface area (Å²) < 4.78 is 0.940. The number of aliphatic hydroxyl groups is 1. The molecule has 13 heavy (non-hydrogen) atoms. The van der Waals surface area contributed by atoms with Gasteiger partial charge in [0.25, 0.3) is 0 Å². The maximum absolute atomic E-state index is 9.12. The van der Waals surface area contributed by atoms with Crippen LogP contribution in [0.3, 0.4) is 0 Å². The van der Waals surface area contributed by atoms with Gasteiger partial charge in [-0.1, -0.05) is 0 Å². The zero-order valence-electron chi connectivity index (χ0n) is 7.13. The van der Waals surface area contributed by atoms with Crippen molar-refractivity contribution in [3.05, 3.63) is 22.9 Å². The van der Waals surface area contributed by atoms with Crippen LogP contribution in [0.25, 0.3) is 0 Å². The number of anilines is 1. The molecule has 1 aromatic rings. The summed E-state index contributed by atoms with van der Waals surface area (Å²) in [4.78, 5) is 3.97. The van der Waals surface area contributed by atoms with Crippen LogP contribution >= 0.6 is 15.9 Å². The van der Waals surface area contributed by atoms with E-state index in [0.717, 1.165) is 23.0 Å². The number of rotatable bonds is 3. The van der Waals surface area contributed by atoms with Gasteiger partial charge in [-0.25, -0.2) is 0 Å². The molecule has 2 N–H and O–H groups in total. The number of hydrogen-bond acceptors (Lipinski definition) is 3. The van der Waals surface area contributed by atoms with E-state index in [0.29, 0.717) is 0 Å². The molecule has 1 saturated carbocycles. The molecule has 2 rings (SSSR count). The lowest BCUT2D eigenvalue weighted by atomic mass is 10.2. The zero-order valence-corrected chi connectivity index (χ0v) is 8.71. The van der Waals surface area contributed by atoms with E-state index in [1.165, 1.54) is 0 Å². The van der Waals surface area contributed by atoms with Crippen molar-refractivity contribution in [2.45, 2.75) is 18.4 Å². The highest BCUT2D eigenvalue weighted by Gasteiger charge is 2.42. The summed E-state index contributed by atoms with van der Waals surface area (Å²) in [5.74, 6) is 0. The Bertz CT molecular complexity index is 312. The van der Waals surface area contributed by atoms with E-state index in [9.17, 15) is 0 Å². The van der Waals surface area contributed by atoms with Crippen LogP contribution in [0, 0.1) is 0 Å². The van der Waals surface area contributed by atoms with Crippen molar-refractivity contribution in [1.82, 2.24) is 4.98 Å². The van der Waals surface area contributed by atoms with Crippen molar-refractivity contribution in [2.75, 3.05) is 11.9 Å². The largest absolute Gasteiger partial charge is 0.394 e. The lowest BCUT2D eigenvalue weighted by molar-refractivity contribution is 0.266. The molecule has 4 heteroatoms. The molecule has 0 unspecified atom stereocenters. The Kier molecular flexibility index (Phi) is 2.26. The molecule has 0 aliphatic heterocycles. The molecule has 0 atom stereocenters. The van der Waals surface area contributed by atoms with Gasteiger partial charge in [0.15, 0.2) is 0 Å². The molecule has 70 valence electrons. The lowest BCUT2D eigenvalue weighted by Gasteiger charge is -2.16. The van der Waals surface area contributed by atoms with Gasteiger partial charge in [0, 0.05) is 12.4 Å². The third-order valence-corrected chi connectivity index (χ3v) is 2.96. The van der Waals surface area contributed by atoms with Gasteiger partial charge < -0.3 is 10.4 Å². The molecule has 0 spiro atoms. The first-order valence-electron chi connectivity index (χ1n) is 4.24. The van der Waals surface area contributed by atoms with Gasteiger partial charge in [-0.05, 0) is 34.8 Å². The third kappa shape index (κ3) is 1.84. The topological polar surface area (TPSA) is 45.1 Å². The standard InChI is InChI=1S/C9H11BrN2O/c10-7-5-11-4-1-8(7)12-9(6-13)2-3-9/h1,4-5,13H,2-3,6H2,(H,11,12). The van der Waals surface area contributed by atoms with Crippen LogP contribution < -0.4 is 5.32 Å². The fourth-order valence-electron chi connectivity index (χ4n) is 1.24. The number of hydrogen-bond donors (Lipinski definition) is 2. The second kappa shape index (κ2) is 3.27. The first-order valence-corrected chi connectivity index (χ1v) is 5.04. The van der Waals surface area contributed by atoms with Gasteiger partial charge >= 0.3 is 0 Å². The molecule has 1 aromatic heterocycles. The SMILES string of the molecule is OCC1(Nc2ccncc2Br)CC1.